The molecule has 0 amide bonds. The number of nitrogens with one attached hydrogen (secondary N) is 1. The molecule has 0 heterocycles. The molecule has 1 aromatic carbocycles. The van der Waals surface area contributed by atoms with Gasteiger partial charge in [0.2, 0.25) is 0 Å². The molecule has 1 unspecified atom stereocenters. The lowest BCUT2D eigenvalue weighted by molar-refractivity contribution is -0.384. The smallest absolute Gasteiger partial charge is 0.258 e. The zero-order chi connectivity index (χ0) is 16.8. The van der Waals surface area contributed by atoms with Crippen molar-refractivity contribution in [3.8, 4) is 6.07 Å². The Morgan fingerprint density at radius 3 is 2.09 bits per heavy atom. The number of nitrogens with zero attached hydrogens (tertiary/aromatic N) is 2. The molecule has 0 radical (unpaired) electrons. The van der Waals surface area contributed by atoms with Crippen LogP contribution in [-0.2, 0) is 0 Å². The van der Waals surface area contributed by atoms with Gasteiger partial charge in [0.05, 0.1) is 23.4 Å². The molecule has 1 N–H and O–H groups in total. The van der Waals surface area contributed by atoms with Crippen LogP contribution in [0.4, 0.5) is 5.69 Å². The van der Waals surface area contributed by atoms with Crippen molar-refractivity contribution < 1.29 is 4.92 Å². The lowest BCUT2D eigenvalue weighted by atomic mass is 10.1. The SMILES string of the molecule is CC[P+](CC)(CC)C(C(=C=N)C#N)c1ccc([N+](=O)[O-])cc1. The van der Waals surface area contributed by atoms with Gasteiger partial charge in [-0.05, 0) is 44.3 Å². The van der Waals surface area contributed by atoms with Crippen molar-refractivity contribution in [2.45, 2.75) is 26.4 Å². The van der Waals surface area contributed by atoms with Gasteiger partial charge in [-0.3, -0.25) is 15.5 Å². The topological polar surface area (TPSA) is 90.8 Å². The predicted octanol–water partition coefficient (Wildman–Crippen LogP) is 4.41. The first-order valence-corrected chi connectivity index (χ1v) is 9.70. The summed E-state index contributed by atoms with van der Waals surface area (Å²) < 4.78 is 0. The average Bonchev–Trinajstić information content (AvgIpc) is 2.56. The van der Waals surface area contributed by atoms with Crippen molar-refractivity contribution in [1.29, 1.82) is 10.7 Å². The molecular formula is C16H21N3O2P+. The summed E-state index contributed by atoms with van der Waals surface area (Å²) in [4.78, 5) is 10.4. The Hall–Kier alpha value is -2.01. The number of non-ortho nitro benzene ring substituents is 1. The van der Waals surface area contributed by atoms with Gasteiger partial charge in [-0.1, -0.05) is 0 Å². The van der Waals surface area contributed by atoms with Gasteiger partial charge in [-0.15, -0.1) is 0 Å². The molecular weight excluding hydrogens is 297 g/mol. The Labute approximate surface area is 131 Å². The first kappa shape index (κ1) is 18.0. The Bertz CT molecular complexity index is 616. The number of nitriles is 1. The van der Waals surface area contributed by atoms with Gasteiger partial charge in [0, 0.05) is 19.4 Å². The molecule has 0 fully saturated rings. The maximum absolute atomic E-state index is 10.8. The van der Waals surface area contributed by atoms with Crippen molar-refractivity contribution in [2.24, 2.45) is 0 Å². The standard InChI is InChI=1S/C16H21N3O2P/c1-4-22(5-2,6-3)16(14(11-17)12-18)13-7-9-15(10-8-13)19(20)21/h7-10,16-17H,4-6H2,1-3H3/q+1. The Morgan fingerprint density at radius 2 is 1.77 bits per heavy atom. The minimum atomic E-state index is -1.51. The highest BCUT2D eigenvalue weighted by Gasteiger charge is 2.44. The molecule has 0 aliphatic rings. The monoisotopic (exact) mass is 318 g/mol. The molecule has 0 aromatic heterocycles. The number of allylic oxidation sites excluding steroid dienone is 1. The van der Waals surface area contributed by atoms with E-state index < -0.39 is 12.2 Å². The van der Waals surface area contributed by atoms with Crippen LogP contribution in [0.2, 0.25) is 0 Å². The van der Waals surface area contributed by atoms with Crippen LogP contribution in [0.3, 0.4) is 0 Å². The van der Waals surface area contributed by atoms with E-state index in [1.165, 1.54) is 12.1 Å². The molecule has 0 saturated carbocycles. The number of nitro benzene ring substituents is 1. The summed E-state index contributed by atoms with van der Waals surface area (Å²) in [5.74, 6) is 2.30. The van der Waals surface area contributed by atoms with Gasteiger partial charge in [-0.25, -0.2) is 0 Å². The maximum atomic E-state index is 10.8. The fourth-order valence-corrected chi connectivity index (χ4v) is 6.82. The van der Waals surface area contributed by atoms with Crippen LogP contribution in [0.15, 0.2) is 29.8 Å². The van der Waals surface area contributed by atoms with E-state index in [2.05, 4.69) is 32.7 Å². The average molecular weight is 318 g/mol. The molecule has 0 saturated heterocycles. The van der Waals surface area contributed by atoms with Crippen LogP contribution in [0.25, 0.3) is 0 Å². The van der Waals surface area contributed by atoms with E-state index in [9.17, 15) is 15.4 Å². The van der Waals surface area contributed by atoms with E-state index in [1.807, 2.05) is 0 Å². The number of rotatable bonds is 7. The quantitative estimate of drug-likeness (QED) is 0.265. The van der Waals surface area contributed by atoms with E-state index in [4.69, 9.17) is 5.41 Å². The summed E-state index contributed by atoms with van der Waals surface area (Å²) in [6, 6.07) is 8.48. The molecule has 1 rings (SSSR count). The third kappa shape index (κ3) is 3.42. The van der Waals surface area contributed by atoms with Crippen molar-refractivity contribution in [3.63, 3.8) is 0 Å². The van der Waals surface area contributed by atoms with Crippen molar-refractivity contribution in [2.75, 3.05) is 18.5 Å². The minimum absolute atomic E-state index is 0.0354. The minimum Gasteiger partial charge on any atom is -0.258 e. The normalized spacial score (nSPS) is 12.1. The van der Waals surface area contributed by atoms with Gasteiger partial charge < -0.3 is 0 Å². The zero-order valence-corrected chi connectivity index (χ0v) is 14.1. The van der Waals surface area contributed by atoms with Gasteiger partial charge in [0.15, 0.2) is 0 Å². The molecule has 0 bridgehead atoms. The van der Waals surface area contributed by atoms with Crippen molar-refractivity contribution >= 4 is 18.8 Å². The summed E-state index contributed by atoms with van der Waals surface area (Å²) in [5, 5.41) is 27.7. The summed E-state index contributed by atoms with van der Waals surface area (Å²) >= 11 is 0. The molecule has 6 heteroatoms. The third-order valence-electron chi connectivity index (χ3n) is 4.39. The van der Waals surface area contributed by atoms with Crippen LogP contribution in [0, 0.1) is 26.9 Å². The van der Waals surface area contributed by atoms with Crippen LogP contribution in [0.5, 0.6) is 0 Å². The zero-order valence-electron chi connectivity index (χ0n) is 13.2. The second-order valence-electron chi connectivity index (χ2n) is 5.07. The van der Waals surface area contributed by atoms with Crippen LogP contribution in [0.1, 0.15) is 32.0 Å². The number of hydrogen-bond donors (Lipinski definition) is 1. The Morgan fingerprint density at radius 1 is 1.27 bits per heavy atom. The molecule has 0 aliphatic heterocycles. The van der Waals surface area contributed by atoms with Gasteiger partial charge >= 0.3 is 0 Å². The lowest BCUT2D eigenvalue weighted by Gasteiger charge is -2.31. The number of nitro groups is 1. The van der Waals surface area contributed by atoms with Crippen LogP contribution < -0.4 is 0 Å². The largest absolute Gasteiger partial charge is 0.269 e. The molecule has 0 aliphatic carbocycles. The Kier molecular flexibility index (Phi) is 6.43. The fraction of sp³-hybridized carbons (Fsp3) is 0.438. The maximum Gasteiger partial charge on any atom is 0.269 e. The van der Waals surface area contributed by atoms with Gasteiger partial charge in [0.25, 0.3) is 5.69 Å². The van der Waals surface area contributed by atoms with E-state index in [-0.39, 0.29) is 11.3 Å². The Balaban J connectivity index is 3.48. The molecule has 1 aromatic rings. The lowest BCUT2D eigenvalue weighted by Crippen LogP contribution is -2.15. The first-order valence-electron chi connectivity index (χ1n) is 7.29. The van der Waals surface area contributed by atoms with Crippen LogP contribution >= 0.6 is 7.26 Å². The third-order valence-corrected chi connectivity index (χ3v) is 9.82. The highest BCUT2D eigenvalue weighted by atomic mass is 31.2. The molecule has 0 spiro atoms. The summed E-state index contributed by atoms with van der Waals surface area (Å²) in [5.41, 5.74) is 1.08. The molecule has 5 nitrogen and oxygen atoms in total. The van der Waals surface area contributed by atoms with Crippen molar-refractivity contribution in [1.82, 2.24) is 0 Å². The summed E-state index contributed by atoms with van der Waals surface area (Å²) in [6.07, 6.45) is 2.90. The van der Waals surface area contributed by atoms with E-state index >= 15 is 0 Å². The van der Waals surface area contributed by atoms with Gasteiger partial charge in [-0.2, -0.15) is 5.26 Å². The molecule has 22 heavy (non-hydrogen) atoms. The molecule has 116 valence electrons. The van der Waals surface area contributed by atoms with E-state index in [0.29, 0.717) is 5.57 Å². The molecule has 1 atom stereocenters. The highest BCUT2D eigenvalue weighted by molar-refractivity contribution is 7.76. The van der Waals surface area contributed by atoms with E-state index in [0.717, 1.165) is 24.0 Å². The fourth-order valence-electron chi connectivity index (χ4n) is 2.91. The number of hydrogen-bond acceptors (Lipinski definition) is 4. The highest BCUT2D eigenvalue weighted by Crippen LogP contribution is 2.70. The van der Waals surface area contributed by atoms with E-state index in [1.54, 1.807) is 12.1 Å². The first-order chi connectivity index (χ1) is 10.5. The summed E-state index contributed by atoms with van der Waals surface area (Å²) in [6.45, 7) is 6.37. The predicted molar refractivity (Wildman–Crippen MR) is 91.2 cm³/mol. The van der Waals surface area contributed by atoms with Crippen LogP contribution in [-0.4, -0.2) is 29.3 Å². The number of benzene rings is 1. The summed E-state index contributed by atoms with van der Waals surface area (Å²) in [7, 11) is -1.51. The van der Waals surface area contributed by atoms with Crippen molar-refractivity contribution in [3.05, 3.63) is 45.5 Å². The van der Waals surface area contributed by atoms with Gasteiger partial charge in [0.1, 0.15) is 17.3 Å². The second-order valence-corrected chi connectivity index (χ2v) is 9.92. The second kappa shape index (κ2) is 7.84.